The topological polar surface area (TPSA) is 93.1 Å². The van der Waals surface area contributed by atoms with Gasteiger partial charge in [-0.15, -0.1) is 0 Å². The molecule has 2 N–H and O–H groups in total. The van der Waals surface area contributed by atoms with Crippen molar-refractivity contribution in [3.63, 3.8) is 0 Å². The second-order valence-electron chi connectivity index (χ2n) is 4.02. The Balaban J connectivity index is 3.16. The molecule has 1 aromatic rings. The van der Waals surface area contributed by atoms with Crippen molar-refractivity contribution in [1.82, 2.24) is 0 Å². The number of rotatable bonds is 7. The fraction of sp³-hybridized carbons (Fsp3) is 0.385. The van der Waals surface area contributed by atoms with Gasteiger partial charge >= 0.3 is 18.6 Å². The zero-order valence-corrected chi connectivity index (χ0v) is 11.1. The molecule has 1 aromatic carbocycles. The Morgan fingerprint density at radius 3 is 2.52 bits per heavy atom. The van der Waals surface area contributed by atoms with E-state index in [4.69, 9.17) is 5.11 Å². The molecule has 8 heteroatoms. The van der Waals surface area contributed by atoms with Gasteiger partial charge in [-0.25, -0.2) is 4.79 Å². The van der Waals surface area contributed by atoms with Crippen LogP contribution in [0.3, 0.4) is 0 Å². The normalized spacial score (nSPS) is 12.0. The van der Waals surface area contributed by atoms with Crippen molar-refractivity contribution in [3.8, 4) is 5.75 Å². The van der Waals surface area contributed by atoms with E-state index in [9.17, 15) is 23.5 Å². The number of aliphatic hydroxyl groups is 1. The number of carboxylic acid groups (broad SMARTS) is 1. The molecule has 0 aliphatic carbocycles. The lowest BCUT2D eigenvalue weighted by Gasteiger charge is -2.16. The maximum atomic E-state index is 12.4. The summed E-state index contributed by atoms with van der Waals surface area (Å²) in [6.45, 7) is -3.11. The minimum Gasteiger partial charge on any atom is -0.479 e. The lowest BCUT2D eigenvalue weighted by molar-refractivity contribution is -0.147. The zero-order valence-electron chi connectivity index (χ0n) is 11.1. The number of hydrogen-bond acceptors (Lipinski definition) is 5. The summed E-state index contributed by atoms with van der Waals surface area (Å²) in [7, 11) is 1.16. The van der Waals surface area contributed by atoms with Gasteiger partial charge in [0, 0.05) is 12.0 Å². The molecule has 0 spiro atoms. The molecule has 0 saturated heterocycles. The molecule has 0 aliphatic heterocycles. The summed E-state index contributed by atoms with van der Waals surface area (Å²) in [6.07, 6.45) is -2.17. The van der Waals surface area contributed by atoms with Crippen LogP contribution in [0.15, 0.2) is 18.2 Å². The molecule has 1 atom stereocenters. The number of ether oxygens (including phenoxy) is 2. The smallest absolute Gasteiger partial charge is 0.387 e. The minimum absolute atomic E-state index is 0.0260. The second kappa shape index (κ2) is 7.53. The lowest BCUT2D eigenvalue weighted by Crippen LogP contribution is -2.15. The monoisotopic (exact) mass is 304 g/mol. The van der Waals surface area contributed by atoms with Crippen LogP contribution in [0.1, 0.15) is 23.7 Å². The number of carbonyl (C=O) groups excluding carboxylic acids is 1. The van der Waals surface area contributed by atoms with Crippen LogP contribution in [0.2, 0.25) is 0 Å². The van der Waals surface area contributed by atoms with Gasteiger partial charge in [0.1, 0.15) is 5.75 Å². The number of hydrogen-bond donors (Lipinski definition) is 2. The quantitative estimate of drug-likeness (QED) is 0.742. The van der Waals surface area contributed by atoms with Crippen LogP contribution in [0.25, 0.3) is 0 Å². The van der Waals surface area contributed by atoms with Crippen LogP contribution in [0, 0.1) is 0 Å². The van der Waals surface area contributed by atoms with Crippen molar-refractivity contribution in [2.24, 2.45) is 0 Å². The Hall–Kier alpha value is -2.22. The first-order valence-electron chi connectivity index (χ1n) is 5.91. The Labute approximate surface area is 118 Å². The van der Waals surface area contributed by atoms with Crippen molar-refractivity contribution in [1.29, 1.82) is 0 Å². The number of halogens is 2. The SMILES string of the molecule is COC(=O)CCc1c(OC(F)F)cccc1C(O)C(=O)O. The average molecular weight is 304 g/mol. The molecule has 116 valence electrons. The van der Waals surface area contributed by atoms with E-state index >= 15 is 0 Å². The van der Waals surface area contributed by atoms with Crippen molar-refractivity contribution >= 4 is 11.9 Å². The van der Waals surface area contributed by atoms with Crippen LogP contribution in [-0.2, 0) is 20.7 Å². The summed E-state index contributed by atoms with van der Waals surface area (Å²) < 4.78 is 33.5. The third kappa shape index (κ3) is 4.67. The van der Waals surface area contributed by atoms with Crippen LogP contribution >= 0.6 is 0 Å². The van der Waals surface area contributed by atoms with Gasteiger partial charge in [0.25, 0.3) is 0 Å². The third-order valence-electron chi connectivity index (χ3n) is 2.72. The van der Waals surface area contributed by atoms with E-state index in [1.165, 1.54) is 18.2 Å². The van der Waals surface area contributed by atoms with E-state index in [2.05, 4.69) is 9.47 Å². The number of aliphatic carboxylic acids is 1. The third-order valence-corrected chi connectivity index (χ3v) is 2.72. The molecule has 0 fully saturated rings. The Bertz CT molecular complexity index is 517. The van der Waals surface area contributed by atoms with E-state index in [0.717, 1.165) is 7.11 Å². The predicted octanol–water partition coefficient (Wildman–Crippen LogP) is 1.51. The van der Waals surface area contributed by atoms with E-state index in [0.29, 0.717) is 0 Å². The highest BCUT2D eigenvalue weighted by Crippen LogP contribution is 2.30. The Kier molecular flexibility index (Phi) is 6.04. The van der Waals surface area contributed by atoms with Crippen LogP contribution in [0.4, 0.5) is 8.78 Å². The molecule has 0 heterocycles. The number of carboxylic acids is 1. The number of methoxy groups -OCH3 is 1. The standard InChI is InChI=1S/C13H14F2O6/c1-20-10(16)6-5-7-8(11(17)12(18)19)3-2-4-9(7)21-13(14)15/h2-4,11,13,17H,5-6H2,1H3,(H,18,19). The summed E-state index contributed by atoms with van der Waals surface area (Å²) in [5.41, 5.74) is -0.0809. The van der Waals surface area contributed by atoms with Gasteiger partial charge in [0.15, 0.2) is 6.10 Å². The average Bonchev–Trinajstić information content (AvgIpc) is 2.43. The van der Waals surface area contributed by atoms with E-state index in [-0.39, 0.29) is 29.7 Å². The van der Waals surface area contributed by atoms with E-state index < -0.39 is 24.7 Å². The number of benzene rings is 1. The molecule has 0 amide bonds. The van der Waals surface area contributed by atoms with Crippen molar-refractivity contribution in [3.05, 3.63) is 29.3 Å². The first-order chi connectivity index (χ1) is 9.86. The van der Waals surface area contributed by atoms with Crippen molar-refractivity contribution in [2.45, 2.75) is 25.6 Å². The largest absolute Gasteiger partial charge is 0.479 e. The van der Waals surface area contributed by atoms with Crippen LogP contribution in [-0.4, -0.2) is 35.9 Å². The fourth-order valence-electron chi connectivity index (χ4n) is 1.77. The summed E-state index contributed by atoms with van der Waals surface area (Å²) in [6, 6.07) is 3.75. The van der Waals surface area contributed by atoms with Gasteiger partial charge in [-0.2, -0.15) is 8.78 Å². The maximum absolute atomic E-state index is 12.4. The Morgan fingerprint density at radius 1 is 1.33 bits per heavy atom. The molecular weight excluding hydrogens is 290 g/mol. The van der Waals surface area contributed by atoms with E-state index in [1.807, 2.05) is 0 Å². The molecule has 0 saturated carbocycles. The minimum atomic E-state index is -3.11. The molecule has 0 aliphatic rings. The van der Waals surface area contributed by atoms with Gasteiger partial charge in [-0.05, 0) is 18.1 Å². The van der Waals surface area contributed by atoms with Crippen LogP contribution in [0.5, 0.6) is 5.75 Å². The predicted molar refractivity (Wildman–Crippen MR) is 66.0 cm³/mol. The highest BCUT2D eigenvalue weighted by atomic mass is 19.3. The molecular formula is C13H14F2O6. The summed E-state index contributed by atoms with van der Waals surface area (Å²) >= 11 is 0. The fourth-order valence-corrected chi connectivity index (χ4v) is 1.77. The number of carbonyl (C=O) groups is 2. The summed E-state index contributed by atoms with van der Waals surface area (Å²) in [5, 5.41) is 18.4. The van der Waals surface area contributed by atoms with Gasteiger partial charge in [-0.1, -0.05) is 12.1 Å². The van der Waals surface area contributed by atoms with Gasteiger partial charge < -0.3 is 19.7 Å². The van der Waals surface area contributed by atoms with Gasteiger partial charge in [0.2, 0.25) is 0 Å². The number of aliphatic hydroxyl groups excluding tert-OH is 1. The van der Waals surface area contributed by atoms with Crippen LogP contribution < -0.4 is 4.74 Å². The van der Waals surface area contributed by atoms with Gasteiger partial charge in [0.05, 0.1) is 7.11 Å². The van der Waals surface area contributed by atoms with E-state index in [1.54, 1.807) is 0 Å². The molecule has 1 unspecified atom stereocenters. The molecule has 21 heavy (non-hydrogen) atoms. The summed E-state index contributed by atoms with van der Waals surface area (Å²) in [5.74, 6) is -2.42. The molecule has 0 radical (unpaired) electrons. The molecule has 0 aromatic heterocycles. The first kappa shape index (κ1) is 16.8. The second-order valence-corrected chi connectivity index (χ2v) is 4.02. The highest BCUT2D eigenvalue weighted by molar-refractivity contribution is 5.75. The van der Waals surface area contributed by atoms with Crippen molar-refractivity contribution in [2.75, 3.05) is 7.11 Å². The van der Waals surface area contributed by atoms with Gasteiger partial charge in [-0.3, -0.25) is 4.79 Å². The lowest BCUT2D eigenvalue weighted by atomic mass is 9.97. The first-order valence-corrected chi connectivity index (χ1v) is 5.91. The highest BCUT2D eigenvalue weighted by Gasteiger charge is 2.23. The molecule has 1 rings (SSSR count). The Morgan fingerprint density at radius 2 is 2.00 bits per heavy atom. The van der Waals surface area contributed by atoms with Crippen molar-refractivity contribution < 1.29 is 38.1 Å². The summed E-state index contributed by atoms with van der Waals surface area (Å²) in [4.78, 5) is 22.0. The maximum Gasteiger partial charge on any atom is 0.387 e. The molecule has 0 bridgehead atoms. The number of esters is 1. The molecule has 6 nitrogen and oxygen atoms in total. The zero-order chi connectivity index (χ0) is 16.0. The number of alkyl halides is 2.